The standard InChI is InChI=1S/C11H15Cl2N3O3/c12-8(10(13)15-5-2-1-3-6-15)9(16(17)18)11-14-4-7-19-11/h14H,1-7H2/b10-8-,11-9?. The minimum absolute atomic E-state index is 0.0713. The maximum atomic E-state index is 11.1. The first-order chi connectivity index (χ1) is 9.11. The number of hydrogen-bond acceptors (Lipinski definition) is 5. The molecule has 2 heterocycles. The smallest absolute Gasteiger partial charge is 0.349 e. The van der Waals surface area contributed by atoms with E-state index in [-0.39, 0.29) is 21.8 Å². The fraction of sp³-hybridized carbons (Fsp3) is 0.636. The average molecular weight is 308 g/mol. The Labute approximate surface area is 121 Å². The summed E-state index contributed by atoms with van der Waals surface area (Å²) in [4.78, 5) is 12.4. The Kier molecular flexibility index (Phi) is 4.76. The molecule has 0 atom stereocenters. The molecule has 0 aromatic heterocycles. The number of rotatable bonds is 3. The van der Waals surface area contributed by atoms with Crippen molar-refractivity contribution in [3.05, 3.63) is 31.9 Å². The molecule has 106 valence electrons. The zero-order chi connectivity index (χ0) is 13.8. The predicted octanol–water partition coefficient (Wildman–Crippen LogP) is 2.18. The molecule has 2 fully saturated rings. The monoisotopic (exact) mass is 307 g/mol. The molecule has 0 unspecified atom stereocenters. The Balaban J connectivity index is 2.29. The second kappa shape index (κ2) is 6.34. The first-order valence-electron chi connectivity index (χ1n) is 6.17. The zero-order valence-electron chi connectivity index (χ0n) is 10.3. The predicted molar refractivity (Wildman–Crippen MR) is 72.1 cm³/mol. The van der Waals surface area contributed by atoms with Crippen LogP contribution in [0.25, 0.3) is 0 Å². The van der Waals surface area contributed by atoms with E-state index in [0.29, 0.717) is 13.2 Å². The minimum atomic E-state index is -0.567. The number of nitrogens with zero attached hydrogens (tertiary/aromatic N) is 2. The average Bonchev–Trinajstić information content (AvgIpc) is 2.92. The molecule has 19 heavy (non-hydrogen) atoms. The Morgan fingerprint density at radius 2 is 2.00 bits per heavy atom. The van der Waals surface area contributed by atoms with Crippen molar-refractivity contribution in [2.75, 3.05) is 26.2 Å². The Morgan fingerprint density at radius 3 is 2.53 bits per heavy atom. The lowest BCUT2D eigenvalue weighted by molar-refractivity contribution is -0.423. The van der Waals surface area contributed by atoms with E-state index < -0.39 is 4.92 Å². The summed E-state index contributed by atoms with van der Waals surface area (Å²) in [5, 5.41) is 14.1. The van der Waals surface area contributed by atoms with Crippen LogP contribution in [0.2, 0.25) is 0 Å². The number of piperidine rings is 1. The highest BCUT2D eigenvalue weighted by molar-refractivity contribution is 6.40. The van der Waals surface area contributed by atoms with Crippen LogP contribution in [0.1, 0.15) is 19.3 Å². The highest BCUT2D eigenvalue weighted by atomic mass is 35.5. The molecule has 0 saturated carbocycles. The van der Waals surface area contributed by atoms with Gasteiger partial charge in [-0.15, -0.1) is 0 Å². The van der Waals surface area contributed by atoms with Gasteiger partial charge in [-0.3, -0.25) is 10.1 Å². The summed E-state index contributed by atoms with van der Waals surface area (Å²) in [7, 11) is 0. The van der Waals surface area contributed by atoms with Crippen molar-refractivity contribution in [3.63, 3.8) is 0 Å². The quantitative estimate of drug-likeness (QED) is 0.492. The molecule has 2 aliphatic heterocycles. The Bertz CT molecular complexity index is 423. The maximum Gasteiger partial charge on any atom is 0.349 e. The molecule has 2 saturated heterocycles. The van der Waals surface area contributed by atoms with Crippen molar-refractivity contribution in [2.45, 2.75) is 19.3 Å². The first kappa shape index (κ1) is 14.3. The van der Waals surface area contributed by atoms with E-state index >= 15 is 0 Å². The van der Waals surface area contributed by atoms with Gasteiger partial charge in [0.15, 0.2) is 5.03 Å². The SMILES string of the molecule is O=[N+]([O-])C(=C1NCCO1)/C(Cl)=C(\Cl)N1CCCCC1. The molecule has 2 aliphatic rings. The number of allylic oxidation sites excluding steroid dienone is 1. The largest absolute Gasteiger partial charge is 0.472 e. The Morgan fingerprint density at radius 1 is 1.32 bits per heavy atom. The van der Waals surface area contributed by atoms with Crippen LogP contribution in [0, 0.1) is 10.1 Å². The Hall–Kier alpha value is -1.14. The molecule has 0 spiro atoms. The van der Waals surface area contributed by atoms with Gasteiger partial charge in [0, 0.05) is 13.1 Å². The fourth-order valence-corrected chi connectivity index (χ4v) is 2.64. The summed E-state index contributed by atoms with van der Waals surface area (Å²) in [5.74, 6) is 0.0881. The van der Waals surface area contributed by atoms with Crippen LogP contribution in [0.15, 0.2) is 21.8 Å². The van der Waals surface area contributed by atoms with Crippen LogP contribution in [0.4, 0.5) is 0 Å². The van der Waals surface area contributed by atoms with E-state index in [2.05, 4.69) is 5.32 Å². The second-order valence-corrected chi connectivity index (χ2v) is 5.10. The van der Waals surface area contributed by atoms with Gasteiger partial charge in [-0.25, -0.2) is 0 Å². The van der Waals surface area contributed by atoms with Gasteiger partial charge < -0.3 is 15.0 Å². The van der Waals surface area contributed by atoms with Crippen molar-refractivity contribution in [1.82, 2.24) is 10.2 Å². The first-order valence-corrected chi connectivity index (χ1v) is 6.93. The van der Waals surface area contributed by atoms with Gasteiger partial charge in [0.05, 0.1) is 11.5 Å². The summed E-state index contributed by atoms with van der Waals surface area (Å²) < 4.78 is 5.17. The van der Waals surface area contributed by atoms with Gasteiger partial charge in [0.1, 0.15) is 11.8 Å². The third-order valence-corrected chi connectivity index (χ3v) is 3.94. The van der Waals surface area contributed by atoms with E-state index in [9.17, 15) is 10.1 Å². The van der Waals surface area contributed by atoms with Crippen molar-refractivity contribution >= 4 is 23.2 Å². The van der Waals surface area contributed by atoms with Crippen molar-refractivity contribution in [2.24, 2.45) is 0 Å². The van der Waals surface area contributed by atoms with Crippen LogP contribution in [-0.4, -0.2) is 36.1 Å². The van der Waals surface area contributed by atoms with Crippen LogP contribution >= 0.6 is 23.2 Å². The van der Waals surface area contributed by atoms with Gasteiger partial charge >= 0.3 is 5.70 Å². The van der Waals surface area contributed by atoms with Gasteiger partial charge in [-0.05, 0) is 19.3 Å². The highest BCUT2D eigenvalue weighted by Gasteiger charge is 2.31. The van der Waals surface area contributed by atoms with Gasteiger partial charge in [0.25, 0.3) is 5.88 Å². The maximum absolute atomic E-state index is 11.1. The molecule has 6 nitrogen and oxygen atoms in total. The van der Waals surface area contributed by atoms with Gasteiger partial charge in [0.2, 0.25) is 0 Å². The fourth-order valence-electron chi connectivity index (χ4n) is 2.11. The van der Waals surface area contributed by atoms with Crippen molar-refractivity contribution in [3.8, 4) is 0 Å². The highest BCUT2D eigenvalue weighted by Crippen LogP contribution is 2.29. The number of halogens is 2. The van der Waals surface area contributed by atoms with Gasteiger partial charge in [-0.2, -0.15) is 0 Å². The molecule has 2 rings (SSSR count). The molecule has 0 amide bonds. The van der Waals surface area contributed by atoms with Crippen LogP contribution in [0.5, 0.6) is 0 Å². The topological polar surface area (TPSA) is 67.6 Å². The molecule has 0 aromatic rings. The van der Waals surface area contributed by atoms with E-state index in [1.54, 1.807) is 0 Å². The zero-order valence-corrected chi connectivity index (χ0v) is 11.8. The molecule has 1 N–H and O–H groups in total. The summed E-state index contributed by atoms with van der Waals surface area (Å²) in [6.45, 7) is 2.45. The lowest BCUT2D eigenvalue weighted by Crippen LogP contribution is -2.28. The van der Waals surface area contributed by atoms with E-state index in [4.69, 9.17) is 27.9 Å². The molecule has 8 heteroatoms. The summed E-state index contributed by atoms with van der Waals surface area (Å²) in [6.07, 6.45) is 3.17. The number of nitro groups is 1. The van der Waals surface area contributed by atoms with Crippen LogP contribution < -0.4 is 5.32 Å². The third-order valence-electron chi connectivity index (χ3n) is 3.05. The lowest BCUT2D eigenvalue weighted by Gasteiger charge is -2.28. The lowest BCUT2D eigenvalue weighted by atomic mass is 10.1. The van der Waals surface area contributed by atoms with E-state index in [1.165, 1.54) is 0 Å². The molecular formula is C11H15Cl2N3O3. The number of likely N-dealkylation sites (tertiary alicyclic amines) is 1. The van der Waals surface area contributed by atoms with Gasteiger partial charge in [-0.1, -0.05) is 23.2 Å². The van der Waals surface area contributed by atoms with Crippen molar-refractivity contribution in [1.29, 1.82) is 0 Å². The van der Waals surface area contributed by atoms with Crippen molar-refractivity contribution < 1.29 is 9.66 Å². The third kappa shape index (κ3) is 3.25. The minimum Gasteiger partial charge on any atom is -0.472 e. The molecular weight excluding hydrogens is 293 g/mol. The van der Waals surface area contributed by atoms with Crippen LogP contribution in [0.3, 0.4) is 0 Å². The van der Waals surface area contributed by atoms with E-state index in [0.717, 1.165) is 32.4 Å². The van der Waals surface area contributed by atoms with Crippen LogP contribution in [-0.2, 0) is 4.74 Å². The second-order valence-electron chi connectivity index (χ2n) is 4.36. The summed E-state index contributed by atoms with van der Waals surface area (Å²) in [5.41, 5.74) is -0.297. The van der Waals surface area contributed by atoms with E-state index in [1.807, 2.05) is 4.90 Å². The molecule has 0 aromatic carbocycles. The summed E-state index contributed by atoms with van der Waals surface area (Å²) >= 11 is 12.3. The number of ether oxygens (including phenoxy) is 1. The normalized spacial score (nSPS) is 23.4. The summed E-state index contributed by atoms with van der Waals surface area (Å²) in [6, 6.07) is 0. The molecule has 0 bridgehead atoms. The number of nitrogens with one attached hydrogen (secondary N) is 1. The number of hydrogen-bond donors (Lipinski definition) is 1. The molecule has 0 aliphatic carbocycles. The molecule has 0 radical (unpaired) electrons.